The summed E-state index contributed by atoms with van der Waals surface area (Å²) in [5, 5.41) is 2.72. The van der Waals surface area contributed by atoms with Crippen LogP contribution in [0.15, 0.2) is 41.3 Å². The third-order valence-electron chi connectivity index (χ3n) is 5.80. The highest BCUT2D eigenvalue weighted by atomic mass is 32.2. The molecular formula is C24H30N2O6S. The Labute approximate surface area is 194 Å². The van der Waals surface area contributed by atoms with Crippen LogP contribution in [0.25, 0.3) is 0 Å². The van der Waals surface area contributed by atoms with Crippen LogP contribution in [0.2, 0.25) is 0 Å². The van der Waals surface area contributed by atoms with Crippen molar-refractivity contribution in [3.05, 3.63) is 53.1 Å². The number of methoxy groups -OCH3 is 1. The lowest BCUT2D eigenvalue weighted by Gasteiger charge is -2.21. The van der Waals surface area contributed by atoms with Crippen molar-refractivity contribution in [1.82, 2.24) is 4.31 Å². The summed E-state index contributed by atoms with van der Waals surface area (Å²) < 4.78 is 38.3. The Morgan fingerprint density at radius 3 is 2.39 bits per heavy atom. The number of ether oxygens (including phenoxy) is 2. The van der Waals surface area contributed by atoms with Crippen molar-refractivity contribution >= 4 is 27.6 Å². The standard InChI is InChI=1S/C24H30N2O6S/c1-17-9-8-10-20(18(17)2)25-23(27)16-32-24(28)19-11-12-21(31-3)22(15-19)33(29,30)26-13-6-4-5-7-14-26/h8-12,15H,4-7,13-14,16H2,1-3H3,(H,25,27). The van der Waals surface area contributed by atoms with Gasteiger partial charge in [0.25, 0.3) is 5.91 Å². The van der Waals surface area contributed by atoms with Crippen molar-refractivity contribution < 1.29 is 27.5 Å². The molecule has 0 radical (unpaired) electrons. The minimum Gasteiger partial charge on any atom is -0.495 e. The molecule has 1 N–H and O–H groups in total. The Kier molecular flexibility index (Phi) is 8.10. The minimum absolute atomic E-state index is 0.0312. The first-order valence-electron chi connectivity index (χ1n) is 11.0. The number of benzene rings is 2. The number of sulfonamides is 1. The van der Waals surface area contributed by atoms with E-state index in [1.807, 2.05) is 26.0 Å². The number of nitrogens with zero attached hydrogens (tertiary/aromatic N) is 1. The molecule has 2 aromatic carbocycles. The summed E-state index contributed by atoms with van der Waals surface area (Å²) in [6, 6.07) is 9.64. The van der Waals surface area contributed by atoms with E-state index in [2.05, 4.69) is 5.32 Å². The van der Waals surface area contributed by atoms with Gasteiger partial charge >= 0.3 is 5.97 Å². The summed E-state index contributed by atoms with van der Waals surface area (Å²) in [7, 11) is -2.46. The fourth-order valence-corrected chi connectivity index (χ4v) is 5.41. The van der Waals surface area contributed by atoms with Gasteiger partial charge < -0.3 is 14.8 Å². The molecule has 0 spiro atoms. The number of amides is 1. The average molecular weight is 475 g/mol. The number of carbonyl (C=O) groups is 2. The molecule has 3 rings (SSSR count). The molecule has 1 saturated heterocycles. The molecule has 1 fully saturated rings. The molecule has 8 nitrogen and oxygen atoms in total. The molecule has 1 amide bonds. The highest BCUT2D eigenvalue weighted by molar-refractivity contribution is 7.89. The van der Waals surface area contributed by atoms with Gasteiger partial charge in [-0.2, -0.15) is 4.31 Å². The van der Waals surface area contributed by atoms with Gasteiger partial charge in [-0.25, -0.2) is 13.2 Å². The number of anilines is 1. The normalized spacial score (nSPS) is 14.9. The summed E-state index contributed by atoms with van der Waals surface area (Å²) in [5.74, 6) is -1.12. The Morgan fingerprint density at radius 2 is 1.73 bits per heavy atom. The predicted octanol–water partition coefficient (Wildman–Crippen LogP) is 3.67. The first kappa shape index (κ1) is 24.7. The summed E-state index contributed by atoms with van der Waals surface area (Å²) in [6.07, 6.45) is 3.55. The molecule has 33 heavy (non-hydrogen) atoms. The van der Waals surface area contributed by atoms with Crippen molar-refractivity contribution in [2.24, 2.45) is 0 Å². The molecule has 1 aliphatic rings. The van der Waals surface area contributed by atoms with Crippen LogP contribution >= 0.6 is 0 Å². The van der Waals surface area contributed by atoms with E-state index in [9.17, 15) is 18.0 Å². The van der Waals surface area contributed by atoms with Crippen molar-refractivity contribution in [2.45, 2.75) is 44.4 Å². The van der Waals surface area contributed by atoms with E-state index in [1.54, 1.807) is 6.07 Å². The molecule has 0 aromatic heterocycles. The molecule has 9 heteroatoms. The second kappa shape index (κ2) is 10.8. The van der Waals surface area contributed by atoms with Crippen molar-refractivity contribution in [2.75, 3.05) is 32.1 Å². The quantitative estimate of drug-likeness (QED) is 0.615. The van der Waals surface area contributed by atoms with Crippen molar-refractivity contribution in [1.29, 1.82) is 0 Å². The molecule has 0 atom stereocenters. The van der Waals surface area contributed by atoms with Gasteiger partial charge in [0.2, 0.25) is 10.0 Å². The van der Waals surface area contributed by atoms with E-state index in [4.69, 9.17) is 9.47 Å². The maximum absolute atomic E-state index is 13.3. The van der Waals surface area contributed by atoms with Gasteiger partial charge in [-0.1, -0.05) is 25.0 Å². The molecule has 1 aliphatic heterocycles. The van der Waals surface area contributed by atoms with Gasteiger partial charge in [-0.15, -0.1) is 0 Å². The number of aryl methyl sites for hydroxylation is 1. The lowest BCUT2D eigenvalue weighted by Crippen LogP contribution is -2.32. The number of nitrogens with one attached hydrogen (secondary N) is 1. The first-order valence-corrected chi connectivity index (χ1v) is 12.4. The smallest absolute Gasteiger partial charge is 0.338 e. The Balaban J connectivity index is 1.73. The molecule has 0 aliphatic carbocycles. The topological polar surface area (TPSA) is 102 Å². The molecule has 0 unspecified atom stereocenters. The summed E-state index contributed by atoms with van der Waals surface area (Å²) in [5.41, 5.74) is 2.63. The predicted molar refractivity (Wildman–Crippen MR) is 125 cm³/mol. The molecule has 0 saturated carbocycles. The lowest BCUT2D eigenvalue weighted by atomic mass is 10.1. The van der Waals surface area contributed by atoms with Crippen LogP contribution in [0.1, 0.15) is 47.2 Å². The molecule has 178 valence electrons. The van der Waals surface area contributed by atoms with E-state index in [0.29, 0.717) is 18.8 Å². The van der Waals surface area contributed by atoms with Crippen LogP contribution < -0.4 is 10.1 Å². The van der Waals surface area contributed by atoms with Crippen LogP contribution in [0.5, 0.6) is 5.75 Å². The van der Waals surface area contributed by atoms with Gasteiger partial charge in [-0.05, 0) is 62.1 Å². The van der Waals surface area contributed by atoms with Crippen LogP contribution in [0.4, 0.5) is 5.69 Å². The van der Waals surface area contributed by atoms with Gasteiger partial charge in [0.15, 0.2) is 6.61 Å². The van der Waals surface area contributed by atoms with E-state index < -0.39 is 28.5 Å². The lowest BCUT2D eigenvalue weighted by molar-refractivity contribution is -0.119. The Bertz CT molecular complexity index is 1120. The van der Waals surface area contributed by atoms with Crippen molar-refractivity contribution in [3.8, 4) is 5.75 Å². The van der Waals surface area contributed by atoms with Crippen LogP contribution in [-0.4, -0.2) is 51.4 Å². The molecule has 1 heterocycles. The second-order valence-corrected chi connectivity index (χ2v) is 9.96. The van der Waals surface area contributed by atoms with Crippen LogP contribution in [0.3, 0.4) is 0 Å². The van der Waals surface area contributed by atoms with Gasteiger partial charge in [0.1, 0.15) is 10.6 Å². The summed E-state index contributed by atoms with van der Waals surface area (Å²) >= 11 is 0. The molecular weight excluding hydrogens is 444 g/mol. The largest absolute Gasteiger partial charge is 0.495 e. The molecule has 2 aromatic rings. The van der Waals surface area contributed by atoms with Crippen LogP contribution in [-0.2, 0) is 19.6 Å². The number of hydrogen-bond donors (Lipinski definition) is 1. The zero-order valence-electron chi connectivity index (χ0n) is 19.2. The average Bonchev–Trinajstić information content (AvgIpc) is 3.10. The SMILES string of the molecule is COc1ccc(C(=O)OCC(=O)Nc2cccc(C)c2C)cc1S(=O)(=O)N1CCCCCC1. The molecule has 0 bridgehead atoms. The van der Waals surface area contributed by atoms with Gasteiger partial charge in [-0.3, -0.25) is 4.79 Å². The van der Waals surface area contributed by atoms with Gasteiger partial charge in [0, 0.05) is 18.8 Å². The minimum atomic E-state index is -3.84. The van der Waals surface area contributed by atoms with E-state index in [-0.39, 0.29) is 16.2 Å². The Hall–Kier alpha value is -2.91. The number of esters is 1. The third-order valence-corrected chi connectivity index (χ3v) is 7.72. The summed E-state index contributed by atoms with van der Waals surface area (Å²) in [6.45, 7) is 4.19. The fraction of sp³-hybridized carbons (Fsp3) is 0.417. The number of hydrogen-bond acceptors (Lipinski definition) is 6. The highest BCUT2D eigenvalue weighted by Gasteiger charge is 2.29. The zero-order valence-corrected chi connectivity index (χ0v) is 20.0. The van der Waals surface area contributed by atoms with Crippen LogP contribution in [0, 0.1) is 13.8 Å². The monoisotopic (exact) mass is 474 g/mol. The second-order valence-electron chi connectivity index (χ2n) is 8.06. The summed E-state index contributed by atoms with van der Waals surface area (Å²) in [4.78, 5) is 24.8. The van der Waals surface area contributed by atoms with Crippen molar-refractivity contribution in [3.63, 3.8) is 0 Å². The van der Waals surface area contributed by atoms with E-state index in [0.717, 1.165) is 36.8 Å². The first-order chi connectivity index (χ1) is 15.7. The highest BCUT2D eigenvalue weighted by Crippen LogP contribution is 2.29. The number of rotatable bonds is 7. The number of carbonyl (C=O) groups excluding carboxylic acids is 2. The maximum Gasteiger partial charge on any atom is 0.338 e. The fourth-order valence-electron chi connectivity index (χ4n) is 3.71. The van der Waals surface area contributed by atoms with Gasteiger partial charge in [0.05, 0.1) is 12.7 Å². The van der Waals surface area contributed by atoms with E-state index in [1.165, 1.54) is 29.6 Å². The maximum atomic E-state index is 13.3. The van der Waals surface area contributed by atoms with E-state index >= 15 is 0 Å². The Morgan fingerprint density at radius 1 is 1.03 bits per heavy atom. The zero-order chi connectivity index (χ0) is 24.0. The third kappa shape index (κ3) is 5.91.